The third-order valence-electron chi connectivity index (χ3n) is 3.69. The van der Waals surface area contributed by atoms with Gasteiger partial charge in [-0.3, -0.25) is 14.9 Å². The van der Waals surface area contributed by atoms with Crippen molar-refractivity contribution >= 4 is 28.7 Å². The number of carbonyl (C=O) groups is 1. The van der Waals surface area contributed by atoms with Gasteiger partial charge >= 0.3 is 0 Å². The monoisotopic (exact) mass is 365 g/mol. The molecule has 0 aliphatic rings. The summed E-state index contributed by atoms with van der Waals surface area (Å²) in [4.78, 5) is 23.2. The number of hydrogen-bond donors (Lipinski definition) is 4. The molecule has 4 N–H and O–H groups in total. The van der Waals surface area contributed by atoms with Gasteiger partial charge in [-0.15, -0.1) is 0 Å². The standard InChI is InChI=1S/C19H15N3O5/c23-15-5-1-3-13(10-15)20-17-8-7-12(9-18(17)22(26)27)19(25)21-14-4-2-6-16(24)11-14/h1-11,20,23-24H,(H,21,25). The van der Waals surface area contributed by atoms with Crippen molar-refractivity contribution in [3.63, 3.8) is 0 Å². The van der Waals surface area contributed by atoms with Gasteiger partial charge in [0.25, 0.3) is 11.6 Å². The molecule has 27 heavy (non-hydrogen) atoms. The summed E-state index contributed by atoms with van der Waals surface area (Å²) in [6, 6.07) is 16.1. The maximum Gasteiger partial charge on any atom is 0.293 e. The Kier molecular flexibility index (Phi) is 4.89. The molecule has 0 atom stereocenters. The lowest BCUT2D eigenvalue weighted by Gasteiger charge is -2.10. The summed E-state index contributed by atoms with van der Waals surface area (Å²) in [5.74, 6) is -0.540. The van der Waals surface area contributed by atoms with E-state index in [1.165, 1.54) is 36.4 Å². The van der Waals surface area contributed by atoms with Crippen LogP contribution in [0.4, 0.5) is 22.7 Å². The van der Waals surface area contributed by atoms with Gasteiger partial charge in [0.1, 0.15) is 17.2 Å². The number of hydrogen-bond acceptors (Lipinski definition) is 6. The zero-order valence-corrected chi connectivity index (χ0v) is 13.9. The molecule has 3 aromatic rings. The quantitative estimate of drug-likeness (QED) is 0.400. The maximum atomic E-state index is 12.3. The fraction of sp³-hybridized carbons (Fsp3) is 0. The lowest BCUT2D eigenvalue weighted by Crippen LogP contribution is -2.12. The number of anilines is 3. The predicted octanol–water partition coefficient (Wildman–Crippen LogP) is 4.00. The van der Waals surface area contributed by atoms with Crippen LogP contribution in [-0.2, 0) is 0 Å². The molecule has 8 nitrogen and oxygen atoms in total. The van der Waals surface area contributed by atoms with Crippen LogP contribution in [0.1, 0.15) is 10.4 Å². The Hall–Kier alpha value is -4.07. The van der Waals surface area contributed by atoms with Gasteiger partial charge in [-0.25, -0.2) is 0 Å². The molecule has 0 saturated carbocycles. The summed E-state index contributed by atoms with van der Waals surface area (Å²) in [6.45, 7) is 0. The normalized spacial score (nSPS) is 10.2. The van der Waals surface area contributed by atoms with Gasteiger partial charge in [0.05, 0.1) is 4.92 Å². The second kappa shape index (κ2) is 7.44. The molecule has 0 spiro atoms. The van der Waals surface area contributed by atoms with Crippen LogP contribution in [0.2, 0.25) is 0 Å². The van der Waals surface area contributed by atoms with Crippen molar-refractivity contribution in [3.05, 3.63) is 82.4 Å². The second-order valence-corrected chi connectivity index (χ2v) is 5.67. The van der Waals surface area contributed by atoms with E-state index >= 15 is 0 Å². The lowest BCUT2D eigenvalue weighted by atomic mass is 10.1. The van der Waals surface area contributed by atoms with Gasteiger partial charge in [-0.05, 0) is 36.4 Å². The summed E-state index contributed by atoms with van der Waals surface area (Å²) >= 11 is 0. The van der Waals surface area contributed by atoms with Crippen LogP contribution in [0, 0.1) is 10.1 Å². The molecule has 8 heteroatoms. The number of carbonyl (C=O) groups excluding carboxylic acids is 1. The Morgan fingerprint density at radius 3 is 2.15 bits per heavy atom. The zero-order chi connectivity index (χ0) is 19.4. The first-order valence-corrected chi connectivity index (χ1v) is 7.87. The molecule has 136 valence electrons. The third-order valence-corrected chi connectivity index (χ3v) is 3.69. The number of nitrogens with one attached hydrogen (secondary N) is 2. The predicted molar refractivity (Wildman–Crippen MR) is 101 cm³/mol. The number of nitrogens with zero attached hydrogens (tertiary/aromatic N) is 1. The van der Waals surface area contributed by atoms with Crippen molar-refractivity contribution in [2.45, 2.75) is 0 Å². The van der Waals surface area contributed by atoms with E-state index in [4.69, 9.17) is 0 Å². The number of phenolic OH excluding ortho intramolecular Hbond substituents is 2. The fourth-order valence-corrected chi connectivity index (χ4v) is 2.46. The van der Waals surface area contributed by atoms with Crippen molar-refractivity contribution in [2.75, 3.05) is 10.6 Å². The first-order chi connectivity index (χ1) is 12.9. The molecule has 0 radical (unpaired) electrons. The minimum absolute atomic E-state index is 0.00978. The van der Waals surface area contributed by atoms with E-state index in [1.54, 1.807) is 24.3 Å². The largest absolute Gasteiger partial charge is 0.508 e. The van der Waals surface area contributed by atoms with Crippen molar-refractivity contribution in [3.8, 4) is 11.5 Å². The van der Waals surface area contributed by atoms with Gasteiger partial charge in [0.2, 0.25) is 0 Å². The summed E-state index contributed by atoms with van der Waals surface area (Å²) in [5, 5.41) is 35.8. The number of phenols is 2. The summed E-state index contributed by atoms with van der Waals surface area (Å²) in [5.41, 5.74) is 0.813. The van der Waals surface area contributed by atoms with E-state index in [0.29, 0.717) is 11.4 Å². The fourth-order valence-electron chi connectivity index (χ4n) is 2.46. The molecule has 0 aliphatic carbocycles. The summed E-state index contributed by atoms with van der Waals surface area (Å²) < 4.78 is 0. The highest BCUT2D eigenvalue weighted by Crippen LogP contribution is 2.30. The highest BCUT2D eigenvalue weighted by atomic mass is 16.6. The Balaban J connectivity index is 1.86. The van der Waals surface area contributed by atoms with Gasteiger partial charge < -0.3 is 20.8 Å². The molecule has 0 aromatic heterocycles. The smallest absolute Gasteiger partial charge is 0.293 e. The number of nitro benzene ring substituents is 1. The van der Waals surface area contributed by atoms with Gasteiger partial charge in [-0.2, -0.15) is 0 Å². The molecule has 0 heterocycles. The van der Waals surface area contributed by atoms with Crippen molar-refractivity contribution in [1.29, 1.82) is 0 Å². The van der Waals surface area contributed by atoms with Crippen LogP contribution < -0.4 is 10.6 Å². The van der Waals surface area contributed by atoms with Crippen LogP contribution in [0.15, 0.2) is 66.7 Å². The molecule has 0 aliphatic heterocycles. The Morgan fingerprint density at radius 2 is 1.52 bits per heavy atom. The molecule has 0 unspecified atom stereocenters. The first kappa shape index (κ1) is 17.7. The summed E-state index contributed by atoms with van der Waals surface area (Å²) in [7, 11) is 0. The second-order valence-electron chi connectivity index (χ2n) is 5.67. The van der Waals surface area contributed by atoms with Gasteiger partial charge in [-0.1, -0.05) is 12.1 Å². The van der Waals surface area contributed by atoms with E-state index < -0.39 is 10.8 Å². The number of rotatable bonds is 5. The first-order valence-electron chi connectivity index (χ1n) is 7.87. The number of aromatic hydroxyl groups is 2. The van der Waals surface area contributed by atoms with E-state index in [2.05, 4.69) is 10.6 Å². The zero-order valence-electron chi connectivity index (χ0n) is 13.9. The number of benzene rings is 3. The number of amides is 1. The Bertz CT molecular complexity index is 1020. The van der Waals surface area contributed by atoms with Crippen LogP contribution in [0.5, 0.6) is 11.5 Å². The van der Waals surface area contributed by atoms with Crippen molar-refractivity contribution < 1.29 is 19.9 Å². The van der Waals surface area contributed by atoms with Gasteiger partial charge in [0, 0.05) is 35.1 Å². The van der Waals surface area contributed by atoms with Crippen molar-refractivity contribution in [2.24, 2.45) is 0 Å². The lowest BCUT2D eigenvalue weighted by molar-refractivity contribution is -0.383. The van der Waals surface area contributed by atoms with E-state index in [-0.39, 0.29) is 28.4 Å². The van der Waals surface area contributed by atoms with Crippen molar-refractivity contribution in [1.82, 2.24) is 0 Å². The molecule has 0 bridgehead atoms. The van der Waals surface area contributed by atoms with Crippen LogP contribution in [0.25, 0.3) is 0 Å². The minimum Gasteiger partial charge on any atom is -0.508 e. The van der Waals surface area contributed by atoms with Gasteiger partial charge in [0.15, 0.2) is 0 Å². The highest BCUT2D eigenvalue weighted by molar-refractivity contribution is 6.05. The van der Waals surface area contributed by atoms with Crippen LogP contribution in [0.3, 0.4) is 0 Å². The van der Waals surface area contributed by atoms with E-state index in [9.17, 15) is 25.1 Å². The molecule has 0 saturated heterocycles. The average Bonchev–Trinajstić information content (AvgIpc) is 2.62. The molecule has 0 fully saturated rings. The summed E-state index contributed by atoms with van der Waals surface area (Å²) in [6.07, 6.45) is 0. The Morgan fingerprint density at radius 1 is 0.889 bits per heavy atom. The van der Waals surface area contributed by atoms with E-state index in [0.717, 1.165) is 6.07 Å². The highest BCUT2D eigenvalue weighted by Gasteiger charge is 2.18. The molecular weight excluding hydrogens is 350 g/mol. The topological polar surface area (TPSA) is 125 Å². The third kappa shape index (κ3) is 4.31. The molecule has 1 amide bonds. The number of nitro groups is 1. The molecule has 3 rings (SSSR count). The van der Waals surface area contributed by atoms with Crippen LogP contribution >= 0.6 is 0 Å². The minimum atomic E-state index is -0.601. The Labute approximate surface area is 153 Å². The SMILES string of the molecule is O=C(Nc1cccc(O)c1)c1ccc(Nc2cccc(O)c2)c([N+](=O)[O-])c1. The maximum absolute atomic E-state index is 12.3. The van der Waals surface area contributed by atoms with Crippen LogP contribution in [-0.4, -0.2) is 21.0 Å². The molecular formula is C19H15N3O5. The average molecular weight is 365 g/mol. The molecule has 3 aromatic carbocycles. The van der Waals surface area contributed by atoms with E-state index in [1.807, 2.05) is 0 Å².